The summed E-state index contributed by atoms with van der Waals surface area (Å²) in [7, 11) is 1.72. The molecule has 0 saturated heterocycles. The highest BCUT2D eigenvalue weighted by molar-refractivity contribution is 5.37. The molecule has 14 heavy (non-hydrogen) atoms. The minimum Gasteiger partial charge on any atom is -0.496 e. The van der Waals surface area contributed by atoms with Gasteiger partial charge in [0.2, 0.25) is 0 Å². The quantitative estimate of drug-likeness (QED) is 0.775. The summed E-state index contributed by atoms with van der Waals surface area (Å²) in [6.07, 6.45) is 1.02. The highest BCUT2D eigenvalue weighted by atomic mass is 16.5. The largest absolute Gasteiger partial charge is 0.496 e. The van der Waals surface area contributed by atoms with Crippen LogP contribution in [0.25, 0.3) is 0 Å². The van der Waals surface area contributed by atoms with Crippen molar-refractivity contribution in [3.63, 3.8) is 0 Å². The van der Waals surface area contributed by atoms with Crippen LogP contribution in [0.2, 0.25) is 0 Å². The topological polar surface area (TPSA) is 21.3 Å². The van der Waals surface area contributed by atoms with Crippen LogP contribution in [0.4, 0.5) is 0 Å². The number of methoxy groups -OCH3 is 1. The van der Waals surface area contributed by atoms with Crippen LogP contribution >= 0.6 is 0 Å². The Labute approximate surface area is 86.3 Å². The van der Waals surface area contributed by atoms with Crippen molar-refractivity contribution in [1.82, 2.24) is 5.32 Å². The van der Waals surface area contributed by atoms with E-state index in [2.05, 4.69) is 31.3 Å². The number of rotatable bonds is 5. The molecule has 0 fully saturated rings. The Morgan fingerprint density at radius 3 is 2.64 bits per heavy atom. The van der Waals surface area contributed by atoms with Crippen molar-refractivity contribution in [3.8, 4) is 5.75 Å². The third kappa shape index (κ3) is 2.74. The second kappa shape index (κ2) is 5.66. The lowest BCUT2D eigenvalue weighted by Crippen LogP contribution is -2.11. The standard InChI is InChI=1S/C12H19NO/c1-4-11-8-10(9-13-5-2)6-7-12(11)14-3/h6-8,13H,4-5,9H2,1-3H3. The van der Waals surface area contributed by atoms with Crippen LogP contribution in [0.3, 0.4) is 0 Å². The Balaban J connectivity index is 2.79. The first-order valence-electron chi connectivity index (χ1n) is 5.18. The summed E-state index contributed by atoms with van der Waals surface area (Å²) in [6, 6.07) is 6.37. The van der Waals surface area contributed by atoms with E-state index in [4.69, 9.17) is 4.74 Å². The van der Waals surface area contributed by atoms with Crippen molar-refractivity contribution in [2.75, 3.05) is 13.7 Å². The molecule has 78 valence electrons. The molecule has 0 amide bonds. The highest BCUT2D eigenvalue weighted by Gasteiger charge is 2.01. The third-order valence-corrected chi connectivity index (χ3v) is 2.30. The van der Waals surface area contributed by atoms with E-state index in [1.807, 2.05) is 6.07 Å². The molecule has 1 aromatic carbocycles. The Kier molecular flexibility index (Phi) is 4.47. The van der Waals surface area contributed by atoms with E-state index in [0.29, 0.717) is 0 Å². The molecule has 0 radical (unpaired) electrons. The molecule has 0 aliphatic carbocycles. The molecule has 0 saturated carbocycles. The first-order valence-corrected chi connectivity index (χ1v) is 5.18. The van der Waals surface area contributed by atoms with E-state index in [1.165, 1.54) is 11.1 Å². The van der Waals surface area contributed by atoms with E-state index in [1.54, 1.807) is 7.11 Å². The zero-order valence-corrected chi connectivity index (χ0v) is 9.26. The average Bonchev–Trinajstić information content (AvgIpc) is 2.25. The average molecular weight is 193 g/mol. The summed E-state index contributed by atoms with van der Waals surface area (Å²) < 4.78 is 5.28. The van der Waals surface area contributed by atoms with Gasteiger partial charge in [-0.05, 0) is 30.2 Å². The fraction of sp³-hybridized carbons (Fsp3) is 0.500. The maximum absolute atomic E-state index is 5.28. The van der Waals surface area contributed by atoms with Gasteiger partial charge in [-0.2, -0.15) is 0 Å². The smallest absolute Gasteiger partial charge is 0.122 e. The lowest BCUT2D eigenvalue weighted by atomic mass is 10.1. The Morgan fingerprint density at radius 2 is 2.07 bits per heavy atom. The lowest BCUT2D eigenvalue weighted by Gasteiger charge is -2.09. The normalized spacial score (nSPS) is 10.2. The van der Waals surface area contributed by atoms with Crippen LogP contribution in [0, 0.1) is 0 Å². The van der Waals surface area contributed by atoms with Crippen LogP contribution in [-0.4, -0.2) is 13.7 Å². The summed E-state index contributed by atoms with van der Waals surface area (Å²) in [5.41, 5.74) is 2.60. The molecule has 0 unspecified atom stereocenters. The van der Waals surface area contributed by atoms with Gasteiger partial charge in [0.1, 0.15) is 5.75 Å². The monoisotopic (exact) mass is 193 g/mol. The van der Waals surface area contributed by atoms with Crippen molar-refractivity contribution in [2.24, 2.45) is 0 Å². The van der Waals surface area contributed by atoms with Crippen LogP contribution < -0.4 is 10.1 Å². The molecule has 0 spiro atoms. The van der Waals surface area contributed by atoms with E-state index in [-0.39, 0.29) is 0 Å². The van der Waals surface area contributed by atoms with Crippen molar-refractivity contribution in [3.05, 3.63) is 29.3 Å². The molecule has 0 aromatic heterocycles. The molecule has 0 heterocycles. The minimum absolute atomic E-state index is 0.938. The summed E-state index contributed by atoms with van der Waals surface area (Å²) in [5, 5.41) is 3.31. The molecule has 0 bridgehead atoms. The number of hydrogen-bond donors (Lipinski definition) is 1. The van der Waals surface area contributed by atoms with Gasteiger partial charge in [-0.25, -0.2) is 0 Å². The minimum atomic E-state index is 0.938. The molecule has 0 atom stereocenters. The van der Waals surface area contributed by atoms with E-state index in [9.17, 15) is 0 Å². The van der Waals surface area contributed by atoms with Gasteiger partial charge in [0.15, 0.2) is 0 Å². The van der Waals surface area contributed by atoms with Gasteiger partial charge < -0.3 is 10.1 Å². The first kappa shape index (κ1) is 11.1. The van der Waals surface area contributed by atoms with Gasteiger partial charge in [0.25, 0.3) is 0 Å². The summed E-state index contributed by atoms with van der Waals surface area (Å²) in [5.74, 6) is 0.993. The van der Waals surface area contributed by atoms with E-state index in [0.717, 1.165) is 25.3 Å². The first-order chi connectivity index (χ1) is 6.81. The number of benzene rings is 1. The van der Waals surface area contributed by atoms with Crippen molar-refractivity contribution in [2.45, 2.75) is 26.8 Å². The van der Waals surface area contributed by atoms with Crippen molar-refractivity contribution >= 4 is 0 Å². The van der Waals surface area contributed by atoms with Gasteiger partial charge in [-0.15, -0.1) is 0 Å². The van der Waals surface area contributed by atoms with Crippen molar-refractivity contribution < 1.29 is 4.74 Å². The van der Waals surface area contributed by atoms with Crippen LogP contribution in [0.1, 0.15) is 25.0 Å². The Hall–Kier alpha value is -1.02. The van der Waals surface area contributed by atoms with Gasteiger partial charge in [0.05, 0.1) is 7.11 Å². The van der Waals surface area contributed by atoms with E-state index < -0.39 is 0 Å². The second-order valence-electron chi connectivity index (χ2n) is 3.28. The molecule has 1 rings (SSSR count). The van der Waals surface area contributed by atoms with Crippen LogP contribution in [0.15, 0.2) is 18.2 Å². The van der Waals surface area contributed by atoms with Gasteiger partial charge in [-0.3, -0.25) is 0 Å². The molecule has 2 nitrogen and oxygen atoms in total. The SMILES string of the molecule is CCNCc1ccc(OC)c(CC)c1. The second-order valence-corrected chi connectivity index (χ2v) is 3.28. The molecule has 2 heteroatoms. The fourth-order valence-electron chi connectivity index (χ4n) is 1.49. The number of hydrogen-bond acceptors (Lipinski definition) is 2. The molecule has 0 aliphatic rings. The van der Waals surface area contributed by atoms with Crippen molar-refractivity contribution in [1.29, 1.82) is 0 Å². The highest BCUT2D eigenvalue weighted by Crippen LogP contribution is 2.20. The maximum atomic E-state index is 5.28. The molecule has 0 aliphatic heterocycles. The lowest BCUT2D eigenvalue weighted by molar-refractivity contribution is 0.410. The van der Waals surface area contributed by atoms with Crippen LogP contribution in [-0.2, 0) is 13.0 Å². The van der Waals surface area contributed by atoms with Gasteiger partial charge in [0, 0.05) is 6.54 Å². The molecular formula is C12H19NO. The van der Waals surface area contributed by atoms with Gasteiger partial charge >= 0.3 is 0 Å². The third-order valence-electron chi connectivity index (χ3n) is 2.30. The Morgan fingerprint density at radius 1 is 1.29 bits per heavy atom. The predicted molar refractivity (Wildman–Crippen MR) is 59.8 cm³/mol. The van der Waals surface area contributed by atoms with Gasteiger partial charge in [-0.1, -0.05) is 26.0 Å². The van der Waals surface area contributed by atoms with E-state index >= 15 is 0 Å². The zero-order valence-electron chi connectivity index (χ0n) is 9.26. The maximum Gasteiger partial charge on any atom is 0.122 e. The predicted octanol–water partition coefficient (Wildman–Crippen LogP) is 2.37. The van der Waals surface area contributed by atoms with Crippen LogP contribution in [0.5, 0.6) is 5.75 Å². The number of aryl methyl sites for hydroxylation is 1. The Bertz CT molecular complexity index is 284. The number of ether oxygens (including phenoxy) is 1. The summed E-state index contributed by atoms with van der Waals surface area (Å²) in [6.45, 7) is 6.21. The number of nitrogens with one attached hydrogen (secondary N) is 1. The zero-order chi connectivity index (χ0) is 10.4. The molecular weight excluding hydrogens is 174 g/mol. The fourth-order valence-corrected chi connectivity index (χ4v) is 1.49. The molecule has 1 aromatic rings. The summed E-state index contributed by atoms with van der Waals surface area (Å²) in [4.78, 5) is 0. The summed E-state index contributed by atoms with van der Waals surface area (Å²) >= 11 is 0. The molecule has 1 N–H and O–H groups in total.